The Kier molecular flexibility index (Phi) is 3.38. The average molecular weight is 276 g/mol. The Morgan fingerprint density at radius 2 is 2.40 bits per heavy atom. The molecule has 3 rings (SSSR count). The van der Waals surface area contributed by atoms with Crippen molar-refractivity contribution in [1.29, 1.82) is 5.26 Å². The van der Waals surface area contributed by atoms with Crippen LogP contribution < -0.4 is 5.32 Å². The van der Waals surface area contributed by atoms with E-state index in [0.29, 0.717) is 13.1 Å². The van der Waals surface area contributed by atoms with Crippen molar-refractivity contribution in [2.24, 2.45) is 5.92 Å². The molecular formula is C14H20N4O2. The van der Waals surface area contributed by atoms with Gasteiger partial charge in [-0.15, -0.1) is 0 Å². The first-order valence-corrected chi connectivity index (χ1v) is 7.34. The van der Waals surface area contributed by atoms with E-state index >= 15 is 0 Å². The predicted molar refractivity (Wildman–Crippen MR) is 71.4 cm³/mol. The molecule has 3 heterocycles. The van der Waals surface area contributed by atoms with Gasteiger partial charge in [-0.3, -0.25) is 14.5 Å². The van der Waals surface area contributed by atoms with Gasteiger partial charge in [0.2, 0.25) is 11.8 Å². The van der Waals surface area contributed by atoms with E-state index in [4.69, 9.17) is 5.26 Å². The largest absolute Gasteiger partial charge is 0.351 e. The number of nitrogens with zero attached hydrogens (tertiary/aromatic N) is 3. The van der Waals surface area contributed by atoms with Gasteiger partial charge in [-0.2, -0.15) is 5.26 Å². The van der Waals surface area contributed by atoms with Crippen LogP contribution in [0.2, 0.25) is 0 Å². The summed E-state index contributed by atoms with van der Waals surface area (Å²) in [4.78, 5) is 27.9. The number of carbonyl (C=O) groups is 2. The third-order valence-corrected chi connectivity index (χ3v) is 4.67. The highest BCUT2D eigenvalue weighted by Crippen LogP contribution is 2.26. The SMILES string of the molecule is C[C@@H](CN1C[C@@H]2C[C@H]1C(=O)N2)C(=O)N1CCC[C@H]1C#N. The summed E-state index contributed by atoms with van der Waals surface area (Å²) >= 11 is 0. The van der Waals surface area contributed by atoms with Crippen molar-refractivity contribution in [3.05, 3.63) is 0 Å². The van der Waals surface area contributed by atoms with Crippen LogP contribution in [0.5, 0.6) is 0 Å². The van der Waals surface area contributed by atoms with Crippen molar-refractivity contribution in [3.63, 3.8) is 0 Å². The second-order valence-electron chi connectivity index (χ2n) is 6.13. The van der Waals surface area contributed by atoms with E-state index in [1.165, 1.54) is 0 Å². The number of nitrogens with one attached hydrogen (secondary N) is 1. The number of likely N-dealkylation sites (tertiary alicyclic amines) is 2. The van der Waals surface area contributed by atoms with Crippen molar-refractivity contribution in [2.45, 2.75) is 44.3 Å². The summed E-state index contributed by atoms with van der Waals surface area (Å²) in [6.07, 6.45) is 2.56. The van der Waals surface area contributed by atoms with E-state index in [1.54, 1.807) is 4.90 Å². The summed E-state index contributed by atoms with van der Waals surface area (Å²) < 4.78 is 0. The van der Waals surface area contributed by atoms with Crippen LogP contribution in [0, 0.1) is 17.2 Å². The highest BCUT2D eigenvalue weighted by atomic mass is 16.2. The average Bonchev–Trinajstić information content (AvgIpc) is 3.11. The molecule has 0 aromatic carbocycles. The number of hydrogen-bond donors (Lipinski definition) is 1. The second kappa shape index (κ2) is 5.06. The fourth-order valence-electron chi connectivity index (χ4n) is 3.66. The minimum absolute atomic E-state index is 0.0530. The number of fused-ring (bicyclic) bond motifs is 2. The molecule has 2 amide bonds. The van der Waals surface area contributed by atoms with Crippen molar-refractivity contribution < 1.29 is 9.59 Å². The smallest absolute Gasteiger partial charge is 0.237 e. The van der Waals surface area contributed by atoms with Crippen LogP contribution in [-0.4, -0.2) is 59.4 Å². The van der Waals surface area contributed by atoms with Crippen LogP contribution in [0.25, 0.3) is 0 Å². The molecule has 0 unspecified atom stereocenters. The normalized spacial score (nSPS) is 34.1. The maximum absolute atomic E-state index is 12.4. The molecule has 3 saturated heterocycles. The zero-order valence-corrected chi connectivity index (χ0v) is 11.7. The first kappa shape index (κ1) is 13.4. The third-order valence-electron chi connectivity index (χ3n) is 4.67. The number of nitriles is 1. The van der Waals surface area contributed by atoms with Crippen LogP contribution >= 0.6 is 0 Å². The van der Waals surface area contributed by atoms with E-state index in [9.17, 15) is 9.59 Å². The van der Waals surface area contributed by atoms with Crippen molar-refractivity contribution in [3.8, 4) is 6.07 Å². The number of hydrogen-bond acceptors (Lipinski definition) is 4. The monoisotopic (exact) mass is 276 g/mol. The zero-order valence-electron chi connectivity index (χ0n) is 11.7. The summed E-state index contributed by atoms with van der Waals surface area (Å²) in [5.41, 5.74) is 0. The molecule has 0 aromatic heterocycles. The first-order chi connectivity index (χ1) is 9.60. The minimum atomic E-state index is -0.261. The molecule has 0 aromatic rings. The van der Waals surface area contributed by atoms with Crippen molar-refractivity contribution in [1.82, 2.24) is 15.1 Å². The van der Waals surface area contributed by atoms with Gasteiger partial charge < -0.3 is 10.2 Å². The van der Waals surface area contributed by atoms with Gasteiger partial charge in [0, 0.05) is 31.6 Å². The molecule has 108 valence electrons. The topological polar surface area (TPSA) is 76.4 Å². The van der Waals surface area contributed by atoms with Gasteiger partial charge in [0.05, 0.1) is 12.1 Å². The van der Waals surface area contributed by atoms with E-state index in [2.05, 4.69) is 16.3 Å². The molecule has 3 fully saturated rings. The fraction of sp³-hybridized carbons (Fsp3) is 0.786. The highest BCUT2D eigenvalue weighted by molar-refractivity contribution is 5.86. The van der Waals surface area contributed by atoms with Gasteiger partial charge in [0.1, 0.15) is 6.04 Å². The summed E-state index contributed by atoms with van der Waals surface area (Å²) in [6.45, 7) is 4.05. The van der Waals surface area contributed by atoms with Crippen molar-refractivity contribution >= 4 is 11.8 Å². The fourth-order valence-corrected chi connectivity index (χ4v) is 3.66. The van der Waals surface area contributed by atoms with Gasteiger partial charge in [0.15, 0.2) is 0 Å². The van der Waals surface area contributed by atoms with Crippen LogP contribution in [0.4, 0.5) is 0 Å². The van der Waals surface area contributed by atoms with Crippen molar-refractivity contribution in [2.75, 3.05) is 19.6 Å². The molecule has 3 aliphatic rings. The van der Waals surface area contributed by atoms with Gasteiger partial charge in [-0.25, -0.2) is 0 Å². The molecule has 6 nitrogen and oxygen atoms in total. The molecule has 0 saturated carbocycles. The minimum Gasteiger partial charge on any atom is -0.351 e. The number of carbonyl (C=O) groups excluding carboxylic acids is 2. The van der Waals surface area contributed by atoms with Gasteiger partial charge in [-0.1, -0.05) is 6.92 Å². The molecule has 0 aliphatic carbocycles. The van der Waals surface area contributed by atoms with Crippen LogP contribution in [0.3, 0.4) is 0 Å². The molecule has 1 N–H and O–H groups in total. The molecule has 0 spiro atoms. The lowest BCUT2D eigenvalue weighted by molar-refractivity contribution is -0.136. The number of piperazine rings is 1. The zero-order chi connectivity index (χ0) is 14.3. The Hall–Kier alpha value is -1.61. The Balaban J connectivity index is 1.59. The molecule has 20 heavy (non-hydrogen) atoms. The Bertz CT molecular complexity index is 472. The predicted octanol–water partition coefficient (Wildman–Crippen LogP) is -0.290. The van der Waals surface area contributed by atoms with E-state index in [-0.39, 0.29) is 35.9 Å². The van der Waals surface area contributed by atoms with Gasteiger partial charge in [0.25, 0.3) is 0 Å². The number of rotatable bonds is 3. The Labute approximate surface area is 118 Å². The third kappa shape index (κ3) is 2.16. The van der Waals surface area contributed by atoms with E-state index < -0.39 is 0 Å². The lowest BCUT2D eigenvalue weighted by Gasteiger charge is -2.30. The van der Waals surface area contributed by atoms with Gasteiger partial charge >= 0.3 is 0 Å². The van der Waals surface area contributed by atoms with E-state index in [0.717, 1.165) is 25.8 Å². The number of amides is 2. The molecule has 6 heteroatoms. The Morgan fingerprint density at radius 1 is 1.60 bits per heavy atom. The first-order valence-electron chi connectivity index (χ1n) is 7.34. The molecule has 3 aliphatic heterocycles. The summed E-state index contributed by atoms with van der Waals surface area (Å²) in [7, 11) is 0. The molecular weight excluding hydrogens is 256 g/mol. The van der Waals surface area contributed by atoms with Crippen LogP contribution in [0.15, 0.2) is 0 Å². The summed E-state index contributed by atoms with van der Waals surface area (Å²) in [5.74, 6) is -0.00898. The van der Waals surface area contributed by atoms with Gasteiger partial charge in [-0.05, 0) is 19.3 Å². The second-order valence-corrected chi connectivity index (χ2v) is 6.13. The standard InChI is InChI=1S/C14H20N4O2/c1-9(14(20)18-4-2-3-11(18)6-15)7-17-8-10-5-12(17)13(19)16-10/h9-12H,2-5,7-8H2,1H3,(H,16,19)/t9-,10-,11-,12-/m0/s1. The summed E-state index contributed by atoms with van der Waals surface area (Å²) in [6, 6.07) is 2.15. The lowest BCUT2D eigenvalue weighted by Crippen LogP contribution is -2.50. The quantitative estimate of drug-likeness (QED) is 0.768. The lowest BCUT2D eigenvalue weighted by atomic mass is 10.1. The maximum Gasteiger partial charge on any atom is 0.237 e. The van der Waals surface area contributed by atoms with Crippen LogP contribution in [-0.2, 0) is 9.59 Å². The van der Waals surface area contributed by atoms with E-state index in [1.807, 2.05) is 6.92 Å². The summed E-state index contributed by atoms with van der Waals surface area (Å²) in [5, 5.41) is 12.0. The molecule has 4 atom stereocenters. The highest BCUT2D eigenvalue weighted by Gasteiger charge is 2.45. The maximum atomic E-state index is 12.4. The molecule has 2 bridgehead atoms. The van der Waals surface area contributed by atoms with Crippen LogP contribution in [0.1, 0.15) is 26.2 Å². The Morgan fingerprint density at radius 3 is 3.05 bits per heavy atom. The molecule has 0 radical (unpaired) electrons.